The number of hydrogen-bond acceptors (Lipinski definition) is 4. The first kappa shape index (κ1) is 15.6. The molecular formula is C13H23N3O3. The minimum Gasteiger partial charge on any atom is -0.476 e. The predicted molar refractivity (Wildman–Crippen MR) is 71.0 cm³/mol. The van der Waals surface area contributed by atoms with Gasteiger partial charge in [0.2, 0.25) is 0 Å². The standard InChI is InChI=1S/C13H23N3O3/c1-9(2)4-5-11-12(13(18)19)14-15-16(11)8-10(3)6-7-17/h9-10,17H,4-8H2,1-3H3,(H,18,19). The van der Waals surface area contributed by atoms with Crippen LogP contribution in [0.5, 0.6) is 0 Å². The maximum Gasteiger partial charge on any atom is 0.358 e. The SMILES string of the molecule is CC(C)CCc1c(C(=O)O)nnn1CC(C)CCO. The maximum absolute atomic E-state index is 11.1. The Morgan fingerprint density at radius 3 is 2.53 bits per heavy atom. The Morgan fingerprint density at radius 2 is 2.00 bits per heavy atom. The Balaban J connectivity index is 2.87. The molecule has 0 aromatic carbocycles. The first-order chi connectivity index (χ1) is 8.95. The van der Waals surface area contributed by atoms with Crippen molar-refractivity contribution >= 4 is 5.97 Å². The van der Waals surface area contributed by atoms with Crippen LogP contribution >= 0.6 is 0 Å². The van der Waals surface area contributed by atoms with Crippen molar-refractivity contribution in [3.05, 3.63) is 11.4 Å². The number of aromatic nitrogens is 3. The maximum atomic E-state index is 11.1. The Labute approximate surface area is 113 Å². The number of hydrogen-bond donors (Lipinski definition) is 2. The number of carbonyl (C=O) groups is 1. The molecule has 108 valence electrons. The Kier molecular flexibility index (Phi) is 5.95. The molecule has 1 atom stereocenters. The molecule has 0 saturated heterocycles. The first-order valence-corrected chi connectivity index (χ1v) is 6.72. The molecule has 0 saturated carbocycles. The number of nitrogens with zero attached hydrogens (tertiary/aromatic N) is 3. The molecule has 0 aliphatic carbocycles. The molecular weight excluding hydrogens is 246 g/mol. The van der Waals surface area contributed by atoms with Crippen LogP contribution in [0.25, 0.3) is 0 Å². The smallest absolute Gasteiger partial charge is 0.358 e. The van der Waals surface area contributed by atoms with Gasteiger partial charge in [0.25, 0.3) is 0 Å². The lowest BCUT2D eigenvalue weighted by Crippen LogP contribution is -2.15. The van der Waals surface area contributed by atoms with E-state index in [2.05, 4.69) is 24.2 Å². The molecule has 1 unspecified atom stereocenters. The van der Waals surface area contributed by atoms with E-state index in [0.717, 1.165) is 6.42 Å². The third-order valence-corrected chi connectivity index (χ3v) is 3.11. The van der Waals surface area contributed by atoms with Crippen LogP contribution in [0.1, 0.15) is 49.8 Å². The average Bonchev–Trinajstić information content (AvgIpc) is 2.69. The molecule has 1 aromatic rings. The molecule has 1 aromatic heterocycles. The molecule has 0 aliphatic rings. The third-order valence-electron chi connectivity index (χ3n) is 3.11. The number of rotatable bonds is 8. The fourth-order valence-corrected chi connectivity index (χ4v) is 1.93. The van der Waals surface area contributed by atoms with Crippen molar-refractivity contribution in [1.29, 1.82) is 0 Å². The average molecular weight is 269 g/mol. The first-order valence-electron chi connectivity index (χ1n) is 6.72. The number of aromatic carboxylic acids is 1. The molecule has 2 N–H and O–H groups in total. The van der Waals surface area contributed by atoms with Crippen molar-refractivity contribution in [1.82, 2.24) is 15.0 Å². The minimum absolute atomic E-state index is 0.0526. The Hall–Kier alpha value is -1.43. The second-order valence-electron chi connectivity index (χ2n) is 5.42. The van der Waals surface area contributed by atoms with Gasteiger partial charge < -0.3 is 10.2 Å². The van der Waals surface area contributed by atoms with E-state index in [-0.39, 0.29) is 18.2 Å². The zero-order valence-corrected chi connectivity index (χ0v) is 11.8. The molecule has 6 nitrogen and oxygen atoms in total. The number of carboxylic acids is 1. The largest absolute Gasteiger partial charge is 0.476 e. The van der Waals surface area contributed by atoms with E-state index in [9.17, 15) is 4.79 Å². The summed E-state index contributed by atoms with van der Waals surface area (Å²) in [6, 6.07) is 0. The van der Waals surface area contributed by atoms with Crippen molar-refractivity contribution in [2.24, 2.45) is 11.8 Å². The van der Waals surface area contributed by atoms with Gasteiger partial charge in [-0.2, -0.15) is 0 Å². The van der Waals surface area contributed by atoms with Gasteiger partial charge in [0, 0.05) is 13.2 Å². The molecule has 1 heterocycles. The quantitative estimate of drug-likeness (QED) is 0.748. The lowest BCUT2D eigenvalue weighted by Gasteiger charge is -2.13. The van der Waals surface area contributed by atoms with E-state index in [4.69, 9.17) is 10.2 Å². The van der Waals surface area contributed by atoms with Crippen molar-refractivity contribution in [2.45, 2.75) is 46.6 Å². The normalized spacial score (nSPS) is 12.9. The van der Waals surface area contributed by atoms with Gasteiger partial charge in [-0.05, 0) is 31.1 Å². The van der Waals surface area contributed by atoms with Crippen molar-refractivity contribution in [3.63, 3.8) is 0 Å². The van der Waals surface area contributed by atoms with Gasteiger partial charge in [0.15, 0.2) is 5.69 Å². The number of aliphatic hydroxyl groups is 1. The summed E-state index contributed by atoms with van der Waals surface area (Å²) in [5, 5.41) is 25.7. The molecule has 19 heavy (non-hydrogen) atoms. The fraction of sp³-hybridized carbons (Fsp3) is 0.769. The highest BCUT2D eigenvalue weighted by Gasteiger charge is 2.19. The molecule has 6 heteroatoms. The molecule has 0 fully saturated rings. The zero-order chi connectivity index (χ0) is 14.4. The highest BCUT2D eigenvalue weighted by Crippen LogP contribution is 2.15. The summed E-state index contributed by atoms with van der Waals surface area (Å²) in [6.07, 6.45) is 2.24. The van der Waals surface area contributed by atoms with Gasteiger partial charge in [-0.25, -0.2) is 9.48 Å². The van der Waals surface area contributed by atoms with Crippen LogP contribution in [-0.2, 0) is 13.0 Å². The van der Waals surface area contributed by atoms with E-state index >= 15 is 0 Å². The van der Waals surface area contributed by atoms with Gasteiger partial charge >= 0.3 is 5.97 Å². The van der Waals surface area contributed by atoms with E-state index in [1.807, 2.05) is 6.92 Å². The van der Waals surface area contributed by atoms with E-state index in [1.165, 1.54) is 0 Å². The van der Waals surface area contributed by atoms with Crippen molar-refractivity contribution in [3.8, 4) is 0 Å². The lowest BCUT2D eigenvalue weighted by atomic mass is 10.0. The van der Waals surface area contributed by atoms with Gasteiger partial charge in [0.1, 0.15) is 0 Å². The van der Waals surface area contributed by atoms with Gasteiger partial charge in [-0.1, -0.05) is 26.0 Å². The molecule has 0 radical (unpaired) electrons. The van der Waals surface area contributed by atoms with Crippen LogP contribution in [0.15, 0.2) is 0 Å². The summed E-state index contributed by atoms with van der Waals surface area (Å²) in [7, 11) is 0. The molecule has 1 rings (SSSR count). The summed E-state index contributed by atoms with van der Waals surface area (Å²) in [5.41, 5.74) is 0.739. The van der Waals surface area contributed by atoms with Crippen molar-refractivity contribution in [2.75, 3.05) is 6.61 Å². The van der Waals surface area contributed by atoms with Crippen LogP contribution in [-0.4, -0.2) is 37.8 Å². The van der Waals surface area contributed by atoms with E-state index in [0.29, 0.717) is 31.0 Å². The van der Waals surface area contributed by atoms with Gasteiger partial charge in [0.05, 0.1) is 5.69 Å². The number of carboxylic acid groups (broad SMARTS) is 1. The Morgan fingerprint density at radius 1 is 1.32 bits per heavy atom. The topological polar surface area (TPSA) is 88.2 Å². The van der Waals surface area contributed by atoms with Gasteiger partial charge in [-0.15, -0.1) is 5.10 Å². The highest BCUT2D eigenvalue weighted by atomic mass is 16.4. The van der Waals surface area contributed by atoms with Gasteiger partial charge in [-0.3, -0.25) is 0 Å². The number of aliphatic hydroxyl groups excluding tert-OH is 1. The summed E-state index contributed by atoms with van der Waals surface area (Å²) >= 11 is 0. The second-order valence-corrected chi connectivity index (χ2v) is 5.42. The summed E-state index contributed by atoms with van der Waals surface area (Å²) in [5.74, 6) is -0.286. The monoisotopic (exact) mass is 269 g/mol. The Bertz CT molecular complexity index is 415. The van der Waals surface area contributed by atoms with Crippen molar-refractivity contribution < 1.29 is 15.0 Å². The zero-order valence-electron chi connectivity index (χ0n) is 11.8. The van der Waals surface area contributed by atoms with Crippen LogP contribution in [0.4, 0.5) is 0 Å². The molecule has 0 amide bonds. The molecule has 0 bridgehead atoms. The lowest BCUT2D eigenvalue weighted by molar-refractivity contribution is 0.0689. The second kappa shape index (κ2) is 7.23. The summed E-state index contributed by atoms with van der Waals surface area (Å²) in [6.45, 7) is 6.92. The molecule has 0 aliphatic heterocycles. The van der Waals surface area contributed by atoms with Crippen LogP contribution in [0.2, 0.25) is 0 Å². The van der Waals surface area contributed by atoms with E-state index < -0.39 is 5.97 Å². The van der Waals surface area contributed by atoms with Crippen LogP contribution in [0.3, 0.4) is 0 Å². The highest BCUT2D eigenvalue weighted by molar-refractivity contribution is 5.86. The minimum atomic E-state index is -1.03. The summed E-state index contributed by atoms with van der Waals surface area (Å²) < 4.78 is 1.67. The molecule has 0 spiro atoms. The van der Waals surface area contributed by atoms with Crippen LogP contribution in [0, 0.1) is 11.8 Å². The fourth-order valence-electron chi connectivity index (χ4n) is 1.93. The third kappa shape index (κ3) is 4.63. The predicted octanol–water partition coefficient (Wildman–Crippen LogP) is 1.58. The van der Waals surface area contributed by atoms with E-state index in [1.54, 1.807) is 4.68 Å². The van der Waals surface area contributed by atoms with Crippen LogP contribution < -0.4 is 0 Å². The summed E-state index contributed by atoms with van der Waals surface area (Å²) in [4.78, 5) is 11.1.